The molecule has 8 heteroatoms. The SMILES string of the molecule is CCC1CN(Cc2cc(C(CC(=O)O)c3ccc(C#N)cc3C)ccc2C)S(O)(O)c2ccccc2O1. The van der Waals surface area contributed by atoms with Gasteiger partial charge in [-0.3, -0.25) is 13.9 Å². The van der Waals surface area contributed by atoms with Gasteiger partial charge in [-0.15, -0.1) is 10.8 Å². The Hall–Kier alpha value is -3.35. The molecule has 0 aromatic heterocycles. The van der Waals surface area contributed by atoms with E-state index in [0.29, 0.717) is 29.2 Å². The van der Waals surface area contributed by atoms with Gasteiger partial charge in [-0.1, -0.05) is 43.3 Å². The highest BCUT2D eigenvalue weighted by Gasteiger charge is 2.35. The molecule has 2 unspecified atom stereocenters. The van der Waals surface area contributed by atoms with Crippen molar-refractivity contribution in [1.82, 2.24) is 4.31 Å². The van der Waals surface area contributed by atoms with Crippen molar-refractivity contribution in [1.29, 1.82) is 5.26 Å². The van der Waals surface area contributed by atoms with Crippen LogP contribution in [0.4, 0.5) is 0 Å². The highest BCUT2D eigenvalue weighted by molar-refractivity contribution is 8.22. The van der Waals surface area contributed by atoms with Crippen molar-refractivity contribution in [3.05, 3.63) is 94.0 Å². The molecule has 2 atom stereocenters. The lowest BCUT2D eigenvalue weighted by Gasteiger charge is -2.42. The van der Waals surface area contributed by atoms with Crippen molar-refractivity contribution in [2.45, 2.75) is 57.1 Å². The maximum absolute atomic E-state index is 11.8. The van der Waals surface area contributed by atoms with Crippen LogP contribution in [-0.4, -0.2) is 37.1 Å². The zero-order valence-electron chi connectivity index (χ0n) is 21.2. The fraction of sp³-hybridized carbons (Fsp3) is 0.310. The van der Waals surface area contributed by atoms with Gasteiger partial charge in [0.2, 0.25) is 0 Å². The largest absolute Gasteiger partial charge is 0.487 e. The zero-order chi connectivity index (χ0) is 26.7. The van der Waals surface area contributed by atoms with Gasteiger partial charge in [0.25, 0.3) is 0 Å². The molecule has 37 heavy (non-hydrogen) atoms. The van der Waals surface area contributed by atoms with Gasteiger partial charge < -0.3 is 9.84 Å². The van der Waals surface area contributed by atoms with Crippen LogP contribution in [0.15, 0.2) is 65.6 Å². The number of nitrogens with zero attached hydrogens (tertiary/aromatic N) is 2. The topological polar surface area (TPSA) is 114 Å². The number of para-hydroxylation sites is 1. The van der Waals surface area contributed by atoms with Crippen molar-refractivity contribution in [2.24, 2.45) is 0 Å². The Labute approximate surface area is 219 Å². The standard InChI is InChI=1S/C29H32N2O5S/c1-4-24-18-31(37(34,35)28-8-6-5-7-27(28)36-24)17-23-14-22(11-9-19(23)2)26(15-29(32)33)25-12-10-21(16-30)13-20(25)3/h5-14,24,26,34-35H,4,15,17-18H2,1-3H3,(H,32,33). The number of hydrogen-bond acceptors (Lipinski definition) is 6. The summed E-state index contributed by atoms with van der Waals surface area (Å²) in [6.07, 6.45) is 0.394. The molecule has 0 fully saturated rings. The molecule has 0 aliphatic carbocycles. The van der Waals surface area contributed by atoms with E-state index in [1.54, 1.807) is 34.6 Å². The van der Waals surface area contributed by atoms with E-state index in [-0.39, 0.29) is 19.1 Å². The van der Waals surface area contributed by atoms with Gasteiger partial charge in [0.15, 0.2) is 0 Å². The Balaban J connectivity index is 1.74. The molecule has 194 valence electrons. The van der Waals surface area contributed by atoms with Gasteiger partial charge in [0, 0.05) is 12.5 Å². The van der Waals surface area contributed by atoms with Crippen LogP contribution in [0.25, 0.3) is 0 Å². The van der Waals surface area contributed by atoms with E-state index in [1.165, 1.54) is 0 Å². The number of aryl methyl sites for hydroxylation is 2. The monoisotopic (exact) mass is 520 g/mol. The molecular formula is C29H32N2O5S. The second kappa shape index (κ2) is 11.0. The van der Waals surface area contributed by atoms with E-state index < -0.39 is 22.7 Å². The first-order valence-corrected chi connectivity index (χ1v) is 13.7. The number of hydrogen-bond donors (Lipinski definition) is 3. The molecule has 0 spiro atoms. The van der Waals surface area contributed by atoms with Crippen LogP contribution >= 0.6 is 10.8 Å². The molecule has 1 aliphatic heterocycles. The minimum Gasteiger partial charge on any atom is -0.487 e. The maximum Gasteiger partial charge on any atom is 0.304 e. The minimum atomic E-state index is -3.31. The number of carbonyl (C=O) groups is 1. The zero-order valence-corrected chi connectivity index (χ0v) is 22.0. The van der Waals surface area contributed by atoms with Gasteiger partial charge in [0.1, 0.15) is 16.7 Å². The number of aliphatic carboxylic acids is 1. The lowest BCUT2D eigenvalue weighted by Crippen LogP contribution is -2.34. The first-order chi connectivity index (χ1) is 17.6. The van der Waals surface area contributed by atoms with Crippen LogP contribution in [0, 0.1) is 25.2 Å². The first kappa shape index (κ1) is 26.7. The van der Waals surface area contributed by atoms with Crippen LogP contribution in [0.5, 0.6) is 5.75 Å². The second-order valence-corrected chi connectivity index (χ2v) is 11.4. The number of ether oxygens (including phenoxy) is 1. The Morgan fingerprint density at radius 2 is 1.89 bits per heavy atom. The molecule has 1 aliphatic rings. The summed E-state index contributed by atoms with van der Waals surface area (Å²) in [4.78, 5) is 12.2. The van der Waals surface area contributed by atoms with Crippen molar-refractivity contribution in [2.75, 3.05) is 6.54 Å². The summed E-state index contributed by atoms with van der Waals surface area (Å²) in [6.45, 7) is 6.45. The van der Waals surface area contributed by atoms with Crippen molar-refractivity contribution < 1.29 is 23.7 Å². The summed E-state index contributed by atoms with van der Waals surface area (Å²) in [5.41, 5.74) is 4.91. The van der Waals surface area contributed by atoms with Crippen molar-refractivity contribution in [3.8, 4) is 11.8 Å². The molecule has 4 rings (SSSR count). The van der Waals surface area contributed by atoms with E-state index in [9.17, 15) is 24.3 Å². The molecule has 7 nitrogen and oxygen atoms in total. The molecule has 0 saturated heterocycles. The van der Waals surface area contributed by atoms with Gasteiger partial charge in [-0.2, -0.15) is 9.57 Å². The smallest absolute Gasteiger partial charge is 0.304 e. The van der Waals surface area contributed by atoms with Crippen LogP contribution in [0.3, 0.4) is 0 Å². The Kier molecular flexibility index (Phi) is 7.90. The van der Waals surface area contributed by atoms with E-state index in [4.69, 9.17) is 4.74 Å². The van der Waals surface area contributed by atoms with Gasteiger partial charge >= 0.3 is 5.97 Å². The van der Waals surface area contributed by atoms with Crippen molar-refractivity contribution >= 4 is 16.7 Å². The van der Waals surface area contributed by atoms with E-state index >= 15 is 0 Å². The quantitative estimate of drug-likeness (QED) is 0.327. The Bertz CT molecular complexity index is 1350. The number of fused-ring (bicyclic) bond motifs is 1. The van der Waals surface area contributed by atoms with E-state index in [2.05, 4.69) is 6.07 Å². The molecule has 0 saturated carbocycles. The molecular weight excluding hydrogens is 488 g/mol. The number of benzene rings is 3. The summed E-state index contributed by atoms with van der Waals surface area (Å²) in [5.74, 6) is -0.848. The summed E-state index contributed by atoms with van der Waals surface area (Å²) < 4.78 is 30.5. The molecule has 3 N–H and O–H groups in total. The molecule has 1 heterocycles. The summed E-state index contributed by atoms with van der Waals surface area (Å²) in [5, 5.41) is 18.9. The first-order valence-electron chi connectivity index (χ1n) is 12.2. The summed E-state index contributed by atoms with van der Waals surface area (Å²) >= 11 is 0. The fourth-order valence-electron chi connectivity index (χ4n) is 4.81. The highest BCUT2D eigenvalue weighted by atomic mass is 32.3. The Morgan fingerprint density at radius 1 is 1.14 bits per heavy atom. The van der Waals surface area contributed by atoms with Crippen LogP contribution in [0.1, 0.15) is 59.1 Å². The average molecular weight is 521 g/mol. The third-order valence-corrected chi connectivity index (χ3v) is 8.86. The number of carboxylic acid groups (broad SMARTS) is 1. The van der Waals surface area contributed by atoms with Crippen molar-refractivity contribution in [3.63, 3.8) is 0 Å². The fourth-order valence-corrected chi connectivity index (χ4v) is 6.43. The molecule has 0 bridgehead atoms. The summed E-state index contributed by atoms with van der Waals surface area (Å²) in [6, 6.07) is 20.3. The van der Waals surface area contributed by atoms with Crippen LogP contribution < -0.4 is 4.74 Å². The third kappa shape index (κ3) is 5.65. The second-order valence-electron chi connectivity index (χ2n) is 9.46. The van der Waals surface area contributed by atoms with Gasteiger partial charge in [-0.25, -0.2) is 0 Å². The average Bonchev–Trinajstić information content (AvgIpc) is 2.97. The third-order valence-electron chi connectivity index (χ3n) is 6.94. The minimum absolute atomic E-state index is 0.104. The maximum atomic E-state index is 11.8. The molecule has 3 aromatic rings. The number of carboxylic acids is 1. The molecule has 3 aromatic carbocycles. The molecule has 0 radical (unpaired) electrons. The highest BCUT2D eigenvalue weighted by Crippen LogP contribution is 2.57. The molecule has 0 amide bonds. The van der Waals surface area contributed by atoms with Gasteiger partial charge in [-0.05, 0) is 72.4 Å². The predicted molar refractivity (Wildman–Crippen MR) is 144 cm³/mol. The normalized spacial score (nSPS) is 18.5. The number of rotatable bonds is 7. The Morgan fingerprint density at radius 3 is 2.57 bits per heavy atom. The van der Waals surface area contributed by atoms with E-state index in [0.717, 1.165) is 27.8 Å². The lowest BCUT2D eigenvalue weighted by molar-refractivity contribution is -0.137. The van der Waals surface area contributed by atoms with E-state index in [1.807, 2.05) is 51.1 Å². The predicted octanol–water partition coefficient (Wildman–Crippen LogP) is 6.48. The lowest BCUT2D eigenvalue weighted by atomic mass is 9.84. The van der Waals surface area contributed by atoms with Gasteiger partial charge in [0.05, 0.1) is 24.6 Å². The summed E-state index contributed by atoms with van der Waals surface area (Å²) in [7, 11) is -3.31. The number of nitriles is 1. The van der Waals surface area contributed by atoms with Crippen LogP contribution in [0.2, 0.25) is 0 Å². The van der Waals surface area contributed by atoms with Crippen LogP contribution in [-0.2, 0) is 11.3 Å².